The van der Waals surface area contributed by atoms with Crippen molar-refractivity contribution in [2.24, 2.45) is 0 Å². The molecule has 2 fully saturated rings. The molecule has 3 aromatic rings. The lowest BCUT2D eigenvalue weighted by Crippen LogP contribution is -2.42. The van der Waals surface area contributed by atoms with E-state index in [0.29, 0.717) is 11.8 Å². The first-order valence-corrected chi connectivity index (χ1v) is 11.0. The molecule has 6 nitrogen and oxygen atoms in total. The van der Waals surface area contributed by atoms with Gasteiger partial charge in [0.05, 0.1) is 6.04 Å². The van der Waals surface area contributed by atoms with Crippen LogP contribution in [0.1, 0.15) is 62.9 Å². The Kier molecular flexibility index (Phi) is 5.00. The van der Waals surface area contributed by atoms with Gasteiger partial charge in [-0.25, -0.2) is 4.79 Å². The Hall–Kier alpha value is -3.15. The molecule has 0 unspecified atom stereocenters. The maximum absolute atomic E-state index is 12.8. The van der Waals surface area contributed by atoms with Crippen LogP contribution in [0.15, 0.2) is 65.1 Å². The molecule has 1 aromatic heterocycles. The molecule has 1 saturated heterocycles. The molecule has 0 spiro atoms. The average Bonchev–Trinajstić information content (AvgIpc) is 3.37. The molecule has 6 heteroatoms. The van der Waals surface area contributed by atoms with Gasteiger partial charge in [0.1, 0.15) is 5.60 Å². The van der Waals surface area contributed by atoms with E-state index in [1.54, 1.807) is 0 Å². The molecule has 0 bridgehead atoms. The van der Waals surface area contributed by atoms with Crippen LogP contribution in [0.5, 0.6) is 0 Å². The number of hydrogen-bond acceptors (Lipinski definition) is 5. The van der Waals surface area contributed by atoms with E-state index in [1.807, 2.05) is 67.3 Å². The maximum atomic E-state index is 12.8. The smallest absolute Gasteiger partial charge is 0.411 e. The molecule has 1 aliphatic heterocycles. The van der Waals surface area contributed by atoms with E-state index >= 15 is 0 Å². The Bertz CT molecular complexity index is 1040. The molecule has 31 heavy (non-hydrogen) atoms. The van der Waals surface area contributed by atoms with Gasteiger partial charge < -0.3 is 9.15 Å². The molecule has 0 N–H and O–H groups in total. The number of hydrogen-bond donors (Lipinski definition) is 0. The van der Waals surface area contributed by atoms with Gasteiger partial charge in [-0.05, 0) is 57.2 Å². The van der Waals surface area contributed by atoms with Crippen molar-refractivity contribution < 1.29 is 13.9 Å². The number of amides is 1. The van der Waals surface area contributed by atoms with Crippen LogP contribution in [0.25, 0.3) is 11.5 Å². The minimum absolute atomic E-state index is 0.0872. The number of carbonyl (C=O) groups excluding carboxylic acids is 1. The van der Waals surface area contributed by atoms with Crippen LogP contribution in [0.4, 0.5) is 4.79 Å². The molecular formula is C25H27N3O3. The topological polar surface area (TPSA) is 68.5 Å². The van der Waals surface area contributed by atoms with Crippen LogP contribution < -0.4 is 0 Å². The molecule has 1 atom stereocenters. The third-order valence-corrected chi connectivity index (χ3v) is 6.51. The monoisotopic (exact) mass is 417 g/mol. The molecular weight excluding hydrogens is 390 g/mol. The summed E-state index contributed by atoms with van der Waals surface area (Å²) >= 11 is 0. The van der Waals surface area contributed by atoms with E-state index in [1.165, 1.54) is 0 Å². The van der Waals surface area contributed by atoms with Gasteiger partial charge in [0.2, 0.25) is 11.8 Å². The summed E-state index contributed by atoms with van der Waals surface area (Å²) in [5.41, 5.74) is 1.49. The summed E-state index contributed by atoms with van der Waals surface area (Å²) in [5, 5.41) is 8.56. The lowest BCUT2D eigenvalue weighted by atomic mass is 9.83. The van der Waals surface area contributed by atoms with Gasteiger partial charge in [-0.3, -0.25) is 4.90 Å². The number of carbonyl (C=O) groups is 1. The molecule has 0 radical (unpaired) electrons. The fourth-order valence-corrected chi connectivity index (χ4v) is 5.03. The zero-order valence-corrected chi connectivity index (χ0v) is 17.9. The highest BCUT2D eigenvalue weighted by molar-refractivity contribution is 5.72. The molecule has 160 valence electrons. The quantitative estimate of drug-likeness (QED) is 0.542. The first-order valence-electron chi connectivity index (χ1n) is 11.0. The third kappa shape index (κ3) is 3.71. The summed E-state index contributed by atoms with van der Waals surface area (Å²) in [5.74, 6) is 1.48. The van der Waals surface area contributed by atoms with E-state index in [-0.39, 0.29) is 24.1 Å². The largest absolute Gasteiger partial charge is 0.441 e. The molecule has 5 rings (SSSR count). The van der Waals surface area contributed by atoms with Crippen molar-refractivity contribution >= 4 is 6.09 Å². The summed E-state index contributed by atoms with van der Waals surface area (Å²) in [7, 11) is 0. The van der Waals surface area contributed by atoms with Crippen molar-refractivity contribution in [3.8, 4) is 11.5 Å². The Balaban J connectivity index is 1.31. The lowest BCUT2D eigenvalue weighted by molar-refractivity contribution is 0.0663. The van der Waals surface area contributed by atoms with Gasteiger partial charge in [0.25, 0.3) is 0 Å². The Morgan fingerprint density at radius 2 is 1.55 bits per heavy atom. The second kappa shape index (κ2) is 7.84. The van der Waals surface area contributed by atoms with Gasteiger partial charge in [-0.1, -0.05) is 48.5 Å². The van der Waals surface area contributed by atoms with Crippen LogP contribution >= 0.6 is 0 Å². The maximum Gasteiger partial charge on any atom is 0.411 e. The minimum Gasteiger partial charge on any atom is -0.441 e. The number of aromatic nitrogens is 2. The van der Waals surface area contributed by atoms with E-state index in [2.05, 4.69) is 22.3 Å². The Labute approximate surface area is 182 Å². The van der Waals surface area contributed by atoms with Gasteiger partial charge in [0, 0.05) is 17.5 Å². The van der Waals surface area contributed by atoms with E-state index < -0.39 is 5.60 Å². The van der Waals surface area contributed by atoms with Gasteiger partial charge >= 0.3 is 6.09 Å². The highest BCUT2D eigenvalue weighted by Crippen LogP contribution is 2.46. The first-order chi connectivity index (χ1) is 15.0. The third-order valence-electron chi connectivity index (χ3n) is 6.51. The average molecular weight is 418 g/mol. The number of ether oxygens (including phenoxy) is 1. The number of benzene rings is 2. The lowest BCUT2D eigenvalue weighted by Gasteiger charge is -2.37. The van der Waals surface area contributed by atoms with Crippen molar-refractivity contribution in [3.05, 3.63) is 72.1 Å². The van der Waals surface area contributed by atoms with Gasteiger partial charge in [-0.2, -0.15) is 0 Å². The normalized spacial score (nSPS) is 25.4. The van der Waals surface area contributed by atoms with Crippen LogP contribution in [0, 0.1) is 0 Å². The van der Waals surface area contributed by atoms with E-state index in [0.717, 1.165) is 36.8 Å². The van der Waals surface area contributed by atoms with Crippen LogP contribution in [0.2, 0.25) is 0 Å². The molecule has 2 aromatic carbocycles. The van der Waals surface area contributed by atoms with E-state index in [4.69, 9.17) is 9.15 Å². The van der Waals surface area contributed by atoms with Crippen LogP contribution in [-0.4, -0.2) is 32.8 Å². The van der Waals surface area contributed by atoms with Gasteiger partial charge in [-0.15, -0.1) is 10.2 Å². The van der Waals surface area contributed by atoms with Crippen molar-refractivity contribution in [1.29, 1.82) is 0 Å². The van der Waals surface area contributed by atoms with Crippen molar-refractivity contribution in [2.45, 2.75) is 63.1 Å². The van der Waals surface area contributed by atoms with Crippen molar-refractivity contribution in [1.82, 2.24) is 15.1 Å². The zero-order valence-electron chi connectivity index (χ0n) is 17.9. The number of nitrogens with zero attached hydrogens (tertiary/aromatic N) is 3. The predicted octanol–water partition coefficient (Wildman–Crippen LogP) is 5.73. The zero-order chi connectivity index (χ0) is 21.4. The minimum atomic E-state index is -0.563. The fraction of sp³-hybridized carbons (Fsp3) is 0.400. The molecule has 1 aliphatic carbocycles. The SMILES string of the molecule is CC1(C)OC(=O)N(C2CCC(c3nnc(-c4ccccc4)o3)CC2)[C@@H]1c1ccccc1. The molecule has 2 aliphatic rings. The first kappa shape index (κ1) is 19.8. The number of rotatable bonds is 4. The summed E-state index contributed by atoms with van der Waals surface area (Å²) in [6.07, 6.45) is 3.39. The Morgan fingerprint density at radius 3 is 2.23 bits per heavy atom. The molecule has 1 saturated carbocycles. The Morgan fingerprint density at radius 1 is 0.903 bits per heavy atom. The standard InChI is InChI=1S/C25H27N3O3/c1-25(2)21(17-9-5-3-6-10-17)28(24(29)31-25)20-15-13-19(14-16-20)23-27-26-22(30-23)18-11-7-4-8-12-18/h3-12,19-21H,13-16H2,1-2H3/t19?,20?,21-/m1/s1. The molecule has 2 heterocycles. The number of cyclic esters (lactones) is 1. The summed E-state index contributed by atoms with van der Waals surface area (Å²) < 4.78 is 11.8. The van der Waals surface area contributed by atoms with Crippen molar-refractivity contribution in [3.63, 3.8) is 0 Å². The second-order valence-corrected chi connectivity index (χ2v) is 9.01. The fourth-order valence-electron chi connectivity index (χ4n) is 5.03. The van der Waals surface area contributed by atoms with E-state index in [9.17, 15) is 4.79 Å². The molecule has 1 amide bonds. The van der Waals surface area contributed by atoms with Crippen LogP contribution in [0.3, 0.4) is 0 Å². The summed E-state index contributed by atoms with van der Waals surface area (Å²) in [6, 6.07) is 20.1. The van der Waals surface area contributed by atoms with Crippen molar-refractivity contribution in [2.75, 3.05) is 0 Å². The predicted molar refractivity (Wildman–Crippen MR) is 116 cm³/mol. The summed E-state index contributed by atoms with van der Waals surface area (Å²) in [6.45, 7) is 4.00. The summed E-state index contributed by atoms with van der Waals surface area (Å²) in [4.78, 5) is 14.8. The second-order valence-electron chi connectivity index (χ2n) is 9.01. The van der Waals surface area contributed by atoms with Gasteiger partial charge in [0.15, 0.2) is 0 Å². The highest BCUT2D eigenvalue weighted by atomic mass is 16.6. The highest BCUT2D eigenvalue weighted by Gasteiger charge is 2.51. The van der Waals surface area contributed by atoms with Crippen LogP contribution in [-0.2, 0) is 4.74 Å².